The van der Waals surface area contributed by atoms with Gasteiger partial charge in [-0.3, -0.25) is 5.32 Å². The maximum Gasteiger partial charge on any atom is 0.330 e. The molecule has 0 aliphatic carbocycles. The summed E-state index contributed by atoms with van der Waals surface area (Å²) >= 11 is 0. The Labute approximate surface area is 119 Å². The van der Waals surface area contributed by atoms with Gasteiger partial charge in [-0.1, -0.05) is 6.07 Å². The van der Waals surface area contributed by atoms with Crippen LogP contribution in [0.2, 0.25) is 0 Å². The molecule has 0 saturated heterocycles. The highest BCUT2D eigenvalue weighted by atomic mass is 16.6. The summed E-state index contributed by atoms with van der Waals surface area (Å²) in [6.07, 6.45) is 0. The summed E-state index contributed by atoms with van der Waals surface area (Å²) in [5, 5.41) is 3.26. The Morgan fingerprint density at radius 2 is 1.95 bits per heavy atom. The minimum absolute atomic E-state index is 0.132. The minimum Gasteiger partial charge on any atom is -0.486 e. The number of hydrogen-bond acceptors (Lipinski definition) is 5. The van der Waals surface area contributed by atoms with Crippen molar-refractivity contribution in [3.63, 3.8) is 0 Å². The molecule has 1 unspecified atom stereocenters. The first-order valence-electron chi connectivity index (χ1n) is 6.73. The molecule has 1 aromatic carbocycles. The van der Waals surface area contributed by atoms with Crippen molar-refractivity contribution in [1.29, 1.82) is 0 Å². The molecule has 0 spiro atoms. The third-order valence-electron chi connectivity index (χ3n) is 3.29. The van der Waals surface area contributed by atoms with Crippen molar-refractivity contribution in [2.75, 3.05) is 20.3 Å². The first-order valence-corrected chi connectivity index (χ1v) is 6.73. The number of fused-ring (bicyclic) bond motifs is 1. The van der Waals surface area contributed by atoms with Crippen molar-refractivity contribution in [3.8, 4) is 11.5 Å². The van der Waals surface area contributed by atoms with Crippen LogP contribution < -0.4 is 14.8 Å². The molecule has 1 aliphatic heterocycles. The maximum absolute atomic E-state index is 12.2. The normalized spacial score (nSPS) is 16.6. The van der Waals surface area contributed by atoms with E-state index in [2.05, 4.69) is 5.32 Å². The standard InChI is InChI=1S/C15H21NO4/c1-10(2)16-15(3,14(17)18-4)11-5-6-12-13(9-11)20-8-7-19-12/h5-6,9-10,16H,7-8H2,1-4H3. The van der Waals surface area contributed by atoms with Crippen molar-refractivity contribution in [1.82, 2.24) is 5.32 Å². The molecule has 1 N–H and O–H groups in total. The average molecular weight is 279 g/mol. The van der Waals surface area contributed by atoms with E-state index in [1.165, 1.54) is 7.11 Å². The number of hydrogen-bond donors (Lipinski definition) is 1. The van der Waals surface area contributed by atoms with E-state index in [0.29, 0.717) is 24.7 Å². The Bertz CT molecular complexity index is 501. The number of esters is 1. The van der Waals surface area contributed by atoms with Gasteiger partial charge in [0.25, 0.3) is 0 Å². The van der Waals surface area contributed by atoms with Crippen LogP contribution in [-0.4, -0.2) is 32.3 Å². The summed E-state index contributed by atoms with van der Waals surface area (Å²) in [6, 6.07) is 5.65. The zero-order chi connectivity index (χ0) is 14.8. The number of carbonyl (C=O) groups excluding carboxylic acids is 1. The molecule has 20 heavy (non-hydrogen) atoms. The predicted molar refractivity (Wildman–Crippen MR) is 75.1 cm³/mol. The molecule has 1 atom stereocenters. The van der Waals surface area contributed by atoms with Gasteiger partial charge in [0.1, 0.15) is 18.8 Å². The van der Waals surface area contributed by atoms with Crippen LogP contribution in [0, 0.1) is 0 Å². The fraction of sp³-hybridized carbons (Fsp3) is 0.533. The van der Waals surface area contributed by atoms with Crippen LogP contribution in [0.25, 0.3) is 0 Å². The first kappa shape index (κ1) is 14.7. The summed E-state index contributed by atoms with van der Waals surface area (Å²) < 4.78 is 16.0. The van der Waals surface area contributed by atoms with Gasteiger partial charge in [-0.2, -0.15) is 0 Å². The second-order valence-corrected chi connectivity index (χ2v) is 5.27. The molecular weight excluding hydrogens is 258 g/mol. The number of ether oxygens (including phenoxy) is 3. The Morgan fingerprint density at radius 3 is 2.55 bits per heavy atom. The number of benzene rings is 1. The van der Waals surface area contributed by atoms with E-state index in [1.807, 2.05) is 39.0 Å². The second kappa shape index (κ2) is 5.71. The Kier molecular flexibility index (Phi) is 4.18. The van der Waals surface area contributed by atoms with Crippen LogP contribution in [0.15, 0.2) is 18.2 Å². The lowest BCUT2D eigenvalue weighted by atomic mass is 9.90. The van der Waals surface area contributed by atoms with Gasteiger partial charge >= 0.3 is 5.97 Å². The summed E-state index contributed by atoms with van der Waals surface area (Å²) in [6.45, 7) is 6.84. The largest absolute Gasteiger partial charge is 0.486 e. The molecule has 0 bridgehead atoms. The smallest absolute Gasteiger partial charge is 0.330 e. The molecule has 1 aromatic rings. The van der Waals surface area contributed by atoms with Crippen molar-refractivity contribution in [3.05, 3.63) is 23.8 Å². The van der Waals surface area contributed by atoms with E-state index in [4.69, 9.17) is 14.2 Å². The molecule has 2 rings (SSSR count). The molecule has 0 aromatic heterocycles. The highest BCUT2D eigenvalue weighted by Crippen LogP contribution is 2.35. The fourth-order valence-corrected chi connectivity index (χ4v) is 2.40. The van der Waals surface area contributed by atoms with Gasteiger partial charge in [0.2, 0.25) is 0 Å². The average Bonchev–Trinajstić information content (AvgIpc) is 2.45. The van der Waals surface area contributed by atoms with Gasteiger partial charge in [0.15, 0.2) is 11.5 Å². The molecular formula is C15H21NO4. The molecule has 110 valence electrons. The number of carbonyl (C=O) groups is 1. The quantitative estimate of drug-likeness (QED) is 0.852. The fourth-order valence-electron chi connectivity index (χ4n) is 2.40. The summed E-state index contributed by atoms with van der Waals surface area (Å²) in [5.74, 6) is 1.04. The lowest BCUT2D eigenvalue weighted by Crippen LogP contribution is -2.50. The summed E-state index contributed by atoms with van der Waals surface area (Å²) in [5.41, 5.74) is -0.124. The molecule has 1 aliphatic rings. The number of rotatable bonds is 4. The van der Waals surface area contributed by atoms with E-state index in [1.54, 1.807) is 0 Å². The van der Waals surface area contributed by atoms with Crippen LogP contribution in [0.5, 0.6) is 11.5 Å². The number of methoxy groups -OCH3 is 1. The van der Waals surface area contributed by atoms with Gasteiger partial charge in [-0.15, -0.1) is 0 Å². The van der Waals surface area contributed by atoms with Gasteiger partial charge in [-0.05, 0) is 38.5 Å². The van der Waals surface area contributed by atoms with Gasteiger partial charge in [0, 0.05) is 6.04 Å². The maximum atomic E-state index is 12.2. The zero-order valence-corrected chi connectivity index (χ0v) is 12.4. The van der Waals surface area contributed by atoms with Gasteiger partial charge in [-0.25, -0.2) is 4.79 Å². The first-order chi connectivity index (χ1) is 9.47. The van der Waals surface area contributed by atoms with E-state index >= 15 is 0 Å². The minimum atomic E-state index is -0.918. The third-order valence-corrected chi connectivity index (χ3v) is 3.29. The highest BCUT2D eigenvalue weighted by molar-refractivity contribution is 5.82. The number of nitrogens with one attached hydrogen (secondary N) is 1. The van der Waals surface area contributed by atoms with Crippen molar-refractivity contribution >= 4 is 5.97 Å². The van der Waals surface area contributed by atoms with Crippen LogP contribution in [-0.2, 0) is 15.1 Å². The molecule has 0 radical (unpaired) electrons. The molecule has 0 amide bonds. The Morgan fingerprint density at radius 1 is 1.30 bits per heavy atom. The van der Waals surface area contributed by atoms with Crippen molar-refractivity contribution in [2.45, 2.75) is 32.4 Å². The van der Waals surface area contributed by atoms with Gasteiger partial charge < -0.3 is 14.2 Å². The molecule has 0 saturated carbocycles. The van der Waals surface area contributed by atoms with Crippen molar-refractivity contribution < 1.29 is 19.0 Å². The topological polar surface area (TPSA) is 56.8 Å². The van der Waals surface area contributed by atoms with Crippen LogP contribution >= 0.6 is 0 Å². The predicted octanol–water partition coefficient (Wildman–Crippen LogP) is 1.84. The SMILES string of the molecule is COC(=O)C(C)(NC(C)C)c1ccc2c(c1)OCCO2. The monoisotopic (exact) mass is 279 g/mol. The zero-order valence-electron chi connectivity index (χ0n) is 12.4. The van der Waals surface area contributed by atoms with E-state index in [0.717, 1.165) is 5.56 Å². The molecule has 0 fully saturated rings. The summed E-state index contributed by atoms with van der Waals surface area (Å²) in [4.78, 5) is 12.2. The van der Waals surface area contributed by atoms with Crippen molar-refractivity contribution in [2.24, 2.45) is 0 Å². The Hall–Kier alpha value is -1.75. The summed E-state index contributed by atoms with van der Waals surface area (Å²) in [7, 11) is 1.39. The third kappa shape index (κ3) is 2.72. The van der Waals surface area contributed by atoms with Gasteiger partial charge in [0.05, 0.1) is 7.11 Å². The lowest BCUT2D eigenvalue weighted by Gasteiger charge is -2.31. The molecule has 5 nitrogen and oxygen atoms in total. The van der Waals surface area contributed by atoms with Crippen LogP contribution in [0.1, 0.15) is 26.3 Å². The lowest BCUT2D eigenvalue weighted by molar-refractivity contribution is -0.148. The van der Waals surface area contributed by atoms with E-state index in [9.17, 15) is 4.79 Å². The van der Waals surface area contributed by atoms with Crippen LogP contribution in [0.4, 0.5) is 0 Å². The Balaban J connectivity index is 2.40. The second-order valence-electron chi connectivity index (χ2n) is 5.27. The highest BCUT2D eigenvalue weighted by Gasteiger charge is 2.37. The van der Waals surface area contributed by atoms with E-state index in [-0.39, 0.29) is 12.0 Å². The van der Waals surface area contributed by atoms with Crippen LogP contribution in [0.3, 0.4) is 0 Å². The molecule has 1 heterocycles. The van der Waals surface area contributed by atoms with E-state index < -0.39 is 5.54 Å². The molecule has 5 heteroatoms.